The summed E-state index contributed by atoms with van der Waals surface area (Å²) in [5.41, 5.74) is 8.84. The van der Waals surface area contributed by atoms with Gasteiger partial charge in [0.15, 0.2) is 0 Å². The van der Waals surface area contributed by atoms with Crippen molar-refractivity contribution in [3.63, 3.8) is 0 Å². The topological polar surface area (TPSA) is 18.9 Å². The van der Waals surface area contributed by atoms with Crippen LogP contribution in [0.5, 0.6) is 0 Å². The second-order valence-electron chi connectivity index (χ2n) is 7.92. The lowest BCUT2D eigenvalue weighted by Crippen LogP contribution is -2.17. The van der Waals surface area contributed by atoms with Crippen LogP contribution >= 0.6 is 0 Å². The van der Waals surface area contributed by atoms with Gasteiger partial charge in [-0.1, -0.05) is 36.4 Å². The molecule has 0 amide bonds. The van der Waals surface area contributed by atoms with Crippen molar-refractivity contribution in [1.29, 1.82) is 0 Å². The predicted octanol–water partition coefficient (Wildman–Crippen LogP) is 6.20. The van der Waals surface area contributed by atoms with E-state index in [1.54, 1.807) is 0 Å². The molecule has 0 spiro atoms. The Bertz CT molecular complexity index is 986. The maximum absolute atomic E-state index is 4.95. The number of aryl methyl sites for hydroxylation is 4. The van der Waals surface area contributed by atoms with E-state index in [-0.39, 0.29) is 0 Å². The Hall–Kier alpha value is -3.33. The molecule has 0 radical (unpaired) electrons. The number of aromatic nitrogens is 1. The fraction of sp³-hybridized carbons (Fsp3) is 0.222. The molecular formula is C27H31N3. The summed E-state index contributed by atoms with van der Waals surface area (Å²) in [4.78, 5) is 4.95. The minimum Gasteiger partial charge on any atom is -0.290 e. The number of pyridine rings is 1. The van der Waals surface area contributed by atoms with E-state index in [9.17, 15) is 0 Å². The summed E-state index contributed by atoms with van der Waals surface area (Å²) in [7, 11) is 0. The average Bonchev–Trinajstić information content (AvgIpc) is 2.72. The Morgan fingerprint density at radius 3 is 1.23 bits per heavy atom. The van der Waals surface area contributed by atoms with Crippen molar-refractivity contribution in [3.05, 3.63) is 100 Å². The maximum Gasteiger partial charge on any atom is 0.137 e. The summed E-state index contributed by atoms with van der Waals surface area (Å²) in [5, 5.41) is 0. The molecule has 0 bridgehead atoms. The highest BCUT2D eigenvalue weighted by atomic mass is 15.1. The van der Waals surface area contributed by atoms with Crippen LogP contribution in [0.3, 0.4) is 0 Å². The van der Waals surface area contributed by atoms with Gasteiger partial charge in [0, 0.05) is 11.4 Å². The van der Waals surface area contributed by atoms with Crippen LogP contribution in [-0.4, -0.2) is 27.6 Å². The molecule has 0 N–H and O–H groups in total. The van der Waals surface area contributed by atoms with E-state index in [2.05, 4.69) is 91.4 Å². The number of nitrogens with zero attached hydrogens (tertiary/aromatic N) is 3. The third kappa shape index (κ3) is 4.02. The third-order valence-corrected chi connectivity index (χ3v) is 5.72. The van der Waals surface area contributed by atoms with Gasteiger partial charge in [0.1, 0.15) is 23.5 Å². The fourth-order valence-electron chi connectivity index (χ4n) is 3.91. The third-order valence-electron chi connectivity index (χ3n) is 5.72. The lowest BCUT2D eigenvalue weighted by atomic mass is 10.1. The van der Waals surface area contributed by atoms with Crippen molar-refractivity contribution in [1.82, 2.24) is 4.98 Å². The summed E-state index contributed by atoms with van der Waals surface area (Å²) in [6, 6.07) is 20.7. The molecular weight excluding hydrogens is 366 g/mol. The molecule has 3 heteroatoms. The summed E-state index contributed by atoms with van der Waals surface area (Å²) in [5.74, 6) is 0. The molecule has 154 valence electrons. The Morgan fingerprint density at radius 1 is 0.600 bits per heavy atom. The van der Waals surface area contributed by atoms with Crippen molar-refractivity contribution in [2.75, 3.05) is 0 Å². The van der Waals surface area contributed by atoms with Crippen molar-refractivity contribution >= 4 is 24.8 Å². The Morgan fingerprint density at radius 2 is 0.900 bits per heavy atom. The van der Waals surface area contributed by atoms with Crippen molar-refractivity contribution in [2.24, 2.45) is 0 Å². The minimum absolute atomic E-state index is 0.902. The standard InChI is InChI=1S/C27H31N3/c1-18-12-9-13-19(2)26(18)29(7)22(5)24-16-11-17-25(28-24)23(6)30(8)27-20(3)14-10-15-21(27)4/h9-17H,7-8H2,1-6H3. The molecule has 3 rings (SSSR count). The highest BCUT2D eigenvalue weighted by Gasteiger charge is 2.20. The number of rotatable bonds is 6. The summed E-state index contributed by atoms with van der Waals surface area (Å²) < 4.78 is 3.97. The first-order valence-electron chi connectivity index (χ1n) is 10.2. The SMILES string of the molecule is C=[N+](c1c(C)cccc1C)[C-](C)c1cccc([C-](C)[N+](=C)c2c(C)cccc2C)n1. The molecule has 2 aromatic carbocycles. The molecule has 0 atom stereocenters. The van der Waals surface area contributed by atoms with Gasteiger partial charge in [-0.15, -0.1) is 18.2 Å². The van der Waals surface area contributed by atoms with E-state index < -0.39 is 0 Å². The Labute approximate surface area is 181 Å². The molecule has 0 aliphatic heterocycles. The van der Waals surface area contributed by atoms with Gasteiger partial charge in [0.2, 0.25) is 0 Å². The predicted molar refractivity (Wildman–Crippen MR) is 126 cm³/mol. The molecule has 0 aliphatic carbocycles. The van der Waals surface area contributed by atoms with Gasteiger partial charge in [-0.2, -0.15) is 0 Å². The van der Waals surface area contributed by atoms with Gasteiger partial charge in [-0.25, -0.2) is 0 Å². The van der Waals surface area contributed by atoms with Crippen molar-refractivity contribution in [3.8, 4) is 0 Å². The summed E-state index contributed by atoms with van der Waals surface area (Å²) >= 11 is 0. The van der Waals surface area contributed by atoms with E-state index >= 15 is 0 Å². The average molecular weight is 398 g/mol. The zero-order chi connectivity index (χ0) is 22.0. The molecule has 0 saturated carbocycles. The largest absolute Gasteiger partial charge is 0.290 e. The highest BCUT2D eigenvalue weighted by molar-refractivity contribution is 5.50. The van der Waals surface area contributed by atoms with Crippen molar-refractivity contribution < 1.29 is 9.15 Å². The van der Waals surface area contributed by atoms with E-state index in [4.69, 9.17) is 4.98 Å². The van der Waals surface area contributed by atoms with Gasteiger partial charge >= 0.3 is 0 Å². The van der Waals surface area contributed by atoms with Crippen LogP contribution in [0.1, 0.15) is 47.5 Å². The maximum atomic E-state index is 4.95. The first-order chi connectivity index (χ1) is 14.2. The number of para-hydroxylation sites is 2. The normalized spacial score (nSPS) is 10.6. The lowest BCUT2D eigenvalue weighted by Gasteiger charge is -2.23. The van der Waals surface area contributed by atoms with Gasteiger partial charge in [0.05, 0.1) is 13.4 Å². The zero-order valence-corrected chi connectivity index (χ0v) is 19.0. The molecule has 1 aromatic heterocycles. The Kier molecular flexibility index (Phi) is 6.12. The lowest BCUT2D eigenvalue weighted by molar-refractivity contribution is -0.410. The van der Waals surface area contributed by atoms with Gasteiger partial charge in [-0.3, -0.25) is 14.1 Å². The molecule has 1 heterocycles. The molecule has 3 aromatic rings. The fourth-order valence-corrected chi connectivity index (χ4v) is 3.91. The quantitative estimate of drug-likeness (QED) is 0.275. The van der Waals surface area contributed by atoms with E-state index in [0.717, 1.165) is 34.8 Å². The van der Waals surface area contributed by atoms with Gasteiger partial charge < -0.3 is 0 Å². The van der Waals surface area contributed by atoms with Gasteiger partial charge in [0.25, 0.3) is 0 Å². The van der Waals surface area contributed by atoms with Crippen LogP contribution in [0.4, 0.5) is 11.4 Å². The van der Waals surface area contributed by atoms with Crippen LogP contribution in [0.2, 0.25) is 0 Å². The summed E-state index contributed by atoms with van der Waals surface area (Å²) in [6.45, 7) is 21.2. The van der Waals surface area contributed by atoms with Crippen molar-refractivity contribution in [2.45, 2.75) is 41.5 Å². The van der Waals surface area contributed by atoms with Crippen LogP contribution < -0.4 is 0 Å². The van der Waals surface area contributed by atoms with E-state index in [0.29, 0.717) is 0 Å². The molecule has 30 heavy (non-hydrogen) atoms. The smallest absolute Gasteiger partial charge is 0.137 e. The van der Waals surface area contributed by atoms with E-state index in [1.807, 2.05) is 27.4 Å². The number of hydrogen-bond acceptors (Lipinski definition) is 1. The van der Waals surface area contributed by atoms with E-state index in [1.165, 1.54) is 22.3 Å². The molecule has 3 nitrogen and oxygen atoms in total. The molecule has 0 fully saturated rings. The summed E-state index contributed by atoms with van der Waals surface area (Å²) in [6.07, 6.45) is 0. The molecule has 0 unspecified atom stereocenters. The number of benzene rings is 2. The Balaban J connectivity index is 1.92. The van der Waals surface area contributed by atoms with Crippen LogP contribution in [0.15, 0.2) is 54.6 Å². The monoisotopic (exact) mass is 397 g/mol. The minimum atomic E-state index is 0.902. The molecule has 0 aliphatic rings. The highest BCUT2D eigenvalue weighted by Crippen LogP contribution is 2.31. The van der Waals surface area contributed by atoms with Crippen LogP contribution in [-0.2, 0) is 0 Å². The van der Waals surface area contributed by atoms with Crippen LogP contribution in [0, 0.1) is 39.8 Å². The zero-order valence-electron chi connectivity index (χ0n) is 19.0. The molecule has 0 saturated heterocycles. The first kappa shape index (κ1) is 21.4. The second-order valence-corrected chi connectivity index (χ2v) is 7.92. The number of hydrogen-bond donors (Lipinski definition) is 0. The van der Waals surface area contributed by atoms with Gasteiger partial charge in [-0.05, 0) is 63.8 Å². The van der Waals surface area contributed by atoms with Crippen LogP contribution in [0.25, 0.3) is 0 Å². The second kappa shape index (κ2) is 8.58. The first-order valence-corrected chi connectivity index (χ1v) is 10.2.